The van der Waals surface area contributed by atoms with Crippen LogP contribution in [0.5, 0.6) is 5.75 Å². The zero-order chi connectivity index (χ0) is 21.2. The molecule has 0 spiro atoms. The molecule has 0 aliphatic carbocycles. The van der Waals surface area contributed by atoms with E-state index in [9.17, 15) is 9.59 Å². The van der Waals surface area contributed by atoms with E-state index in [0.29, 0.717) is 30.2 Å². The maximum atomic E-state index is 12.7. The van der Waals surface area contributed by atoms with Crippen LogP contribution in [0.1, 0.15) is 49.0 Å². The van der Waals surface area contributed by atoms with Gasteiger partial charge >= 0.3 is 0 Å². The molecule has 2 aromatic rings. The Balaban J connectivity index is 2.04. The van der Waals surface area contributed by atoms with E-state index in [1.807, 2.05) is 24.3 Å². The van der Waals surface area contributed by atoms with Crippen molar-refractivity contribution in [2.24, 2.45) is 0 Å². The summed E-state index contributed by atoms with van der Waals surface area (Å²) in [6.07, 6.45) is 0.00407. The maximum Gasteiger partial charge on any atom is 0.265 e. The van der Waals surface area contributed by atoms with Crippen LogP contribution in [-0.2, 0) is 9.53 Å². The van der Waals surface area contributed by atoms with Gasteiger partial charge in [0.1, 0.15) is 5.75 Å². The van der Waals surface area contributed by atoms with E-state index in [1.165, 1.54) is 0 Å². The van der Waals surface area contributed by atoms with Gasteiger partial charge in [-0.15, -0.1) is 0 Å². The third kappa shape index (κ3) is 6.61. The summed E-state index contributed by atoms with van der Waals surface area (Å²) in [4.78, 5) is 25.1. The standard InChI is InChI=1S/C23H30N2O4/c1-16(2)18-10-6-8-13-21(18)29-17(3)22(26)25-20-12-7-5-11-19(20)23(27)24-14-9-15-28-4/h5-8,10-13,16-17H,9,14-15H2,1-4H3,(H,24,27)(H,25,26). The summed E-state index contributed by atoms with van der Waals surface area (Å²) in [6, 6.07) is 14.6. The van der Waals surface area contributed by atoms with Gasteiger partial charge in [-0.3, -0.25) is 9.59 Å². The molecule has 0 saturated heterocycles. The number of hydrogen-bond acceptors (Lipinski definition) is 4. The lowest BCUT2D eigenvalue weighted by Gasteiger charge is -2.19. The highest BCUT2D eigenvalue weighted by Gasteiger charge is 2.19. The van der Waals surface area contributed by atoms with E-state index in [1.54, 1.807) is 38.3 Å². The number of hydrogen-bond donors (Lipinski definition) is 2. The first-order valence-electron chi connectivity index (χ1n) is 9.86. The summed E-state index contributed by atoms with van der Waals surface area (Å²) in [6.45, 7) is 6.93. The molecule has 0 saturated carbocycles. The second-order valence-corrected chi connectivity index (χ2v) is 7.09. The highest BCUT2D eigenvalue weighted by atomic mass is 16.5. The van der Waals surface area contributed by atoms with Crippen LogP contribution in [0.3, 0.4) is 0 Å². The molecule has 29 heavy (non-hydrogen) atoms. The van der Waals surface area contributed by atoms with Crippen molar-refractivity contribution in [2.45, 2.75) is 39.2 Å². The molecule has 2 aromatic carbocycles. The van der Waals surface area contributed by atoms with Crippen molar-refractivity contribution in [3.8, 4) is 5.75 Å². The molecule has 2 rings (SSSR count). The van der Waals surface area contributed by atoms with Crippen LogP contribution in [0.25, 0.3) is 0 Å². The first-order valence-corrected chi connectivity index (χ1v) is 9.86. The third-order valence-electron chi connectivity index (χ3n) is 4.45. The van der Waals surface area contributed by atoms with Crippen LogP contribution in [0.15, 0.2) is 48.5 Å². The van der Waals surface area contributed by atoms with Gasteiger partial charge in [0.15, 0.2) is 6.10 Å². The normalized spacial score (nSPS) is 11.8. The van der Waals surface area contributed by atoms with Gasteiger partial charge in [0.25, 0.3) is 11.8 Å². The average Bonchev–Trinajstić information content (AvgIpc) is 2.71. The summed E-state index contributed by atoms with van der Waals surface area (Å²) in [5.41, 5.74) is 1.91. The Bertz CT molecular complexity index is 820. The summed E-state index contributed by atoms with van der Waals surface area (Å²) >= 11 is 0. The summed E-state index contributed by atoms with van der Waals surface area (Å²) in [5, 5.41) is 5.65. The highest BCUT2D eigenvalue weighted by Crippen LogP contribution is 2.27. The van der Waals surface area contributed by atoms with Crippen LogP contribution < -0.4 is 15.4 Å². The molecule has 0 fully saturated rings. The van der Waals surface area contributed by atoms with Gasteiger partial charge < -0.3 is 20.1 Å². The van der Waals surface area contributed by atoms with Gasteiger partial charge in [-0.1, -0.05) is 44.2 Å². The third-order valence-corrected chi connectivity index (χ3v) is 4.45. The molecular formula is C23H30N2O4. The predicted octanol–water partition coefficient (Wildman–Crippen LogP) is 3.98. The quantitative estimate of drug-likeness (QED) is 0.594. The SMILES string of the molecule is COCCCNC(=O)c1ccccc1NC(=O)C(C)Oc1ccccc1C(C)C. The fourth-order valence-corrected chi connectivity index (χ4v) is 2.85. The van der Waals surface area contributed by atoms with Crippen molar-refractivity contribution in [2.75, 3.05) is 25.6 Å². The monoisotopic (exact) mass is 398 g/mol. The predicted molar refractivity (Wildman–Crippen MR) is 115 cm³/mol. The van der Waals surface area contributed by atoms with Crippen LogP contribution in [0.4, 0.5) is 5.69 Å². The minimum Gasteiger partial charge on any atom is -0.481 e. The zero-order valence-corrected chi connectivity index (χ0v) is 17.5. The second-order valence-electron chi connectivity index (χ2n) is 7.09. The molecule has 2 amide bonds. The molecule has 0 heterocycles. The summed E-state index contributed by atoms with van der Waals surface area (Å²) < 4.78 is 10.9. The van der Waals surface area contributed by atoms with Gasteiger partial charge in [0.05, 0.1) is 11.3 Å². The Hall–Kier alpha value is -2.86. The number of amides is 2. The zero-order valence-electron chi connectivity index (χ0n) is 17.5. The van der Waals surface area contributed by atoms with E-state index < -0.39 is 6.10 Å². The molecule has 1 atom stereocenters. The summed E-state index contributed by atoms with van der Waals surface area (Å²) in [5.74, 6) is 0.414. The van der Waals surface area contributed by atoms with E-state index in [0.717, 1.165) is 12.0 Å². The molecule has 0 bridgehead atoms. The highest BCUT2D eigenvalue weighted by molar-refractivity contribution is 6.04. The first-order chi connectivity index (χ1) is 13.9. The minimum absolute atomic E-state index is 0.240. The van der Waals surface area contributed by atoms with Gasteiger partial charge in [-0.25, -0.2) is 0 Å². The van der Waals surface area contributed by atoms with E-state index in [-0.39, 0.29) is 17.7 Å². The number of anilines is 1. The molecule has 0 radical (unpaired) electrons. The van der Waals surface area contributed by atoms with Crippen molar-refractivity contribution in [1.29, 1.82) is 0 Å². The molecule has 0 aliphatic rings. The molecule has 1 unspecified atom stereocenters. The molecule has 6 heteroatoms. The largest absolute Gasteiger partial charge is 0.481 e. The van der Waals surface area contributed by atoms with Crippen molar-refractivity contribution in [1.82, 2.24) is 5.32 Å². The number of ether oxygens (including phenoxy) is 2. The lowest BCUT2D eigenvalue weighted by atomic mass is 10.0. The molecular weight excluding hydrogens is 368 g/mol. The van der Waals surface area contributed by atoms with E-state index in [2.05, 4.69) is 24.5 Å². The first kappa shape index (κ1) is 22.4. The smallest absolute Gasteiger partial charge is 0.265 e. The Morgan fingerprint density at radius 1 is 1.00 bits per heavy atom. The second kappa shape index (κ2) is 11.2. The number of rotatable bonds is 10. The molecule has 156 valence electrons. The Morgan fingerprint density at radius 3 is 2.41 bits per heavy atom. The average molecular weight is 399 g/mol. The maximum absolute atomic E-state index is 12.7. The topological polar surface area (TPSA) is 76.7 Å². The van der Waals surface area contributed by atoms with E-state index in [4.69, 9.17) is 9.47 Å². The Morgan fingerprint density at radius 2 is 1.69 bits per heavy atom. The van der Waals surface area contributed by atoms with Crippen molar-refractivity contribution >= 4 is 17.5 Å². The van der Waals surface area contributed by atoms with Crippen LogP contribution in [0, 0.1) is 0 Å². The number of carbonyl (C=O) groups excluding carboxylic acids is 2. The van der Waals surface area contributed by atoms with Crippen LogP contribution in [0.2, 0.25) is 0 Å². The van der Waals surface area contributed by atoms with Crippen molar-refractivity contribution in [3.63, 3.8) is 0 Å². The van der Waals surface area contributed by atoms with Crippen molar-refractivity contribution in [3.05, 3.63) is 59.7 Å². The van der Waals surface area contributed by atoms with Crippen molar-refractivity contribution < 1.29 is 19.1 Å². The van der Waals surface area contributed by atoms with E-state index >= 15 is 0 Å². The fraction of sp³-hybridized carbons (Fsp3) is 0.391. The number of methoxy groups -OCH3 is 1. The molecule has 6 nitrogen and oxygen atoms in total. The summed E-state index contributed by atoms with van der Waals surface area (Å²) in [7, 11) is 1.62. The minimum atomic E-state index is -0.715. The van der Waals surface area contributed by atoms with Gasteiger partial charge in [0, 0.05) is 20.3 Å². The lowest BCUT2D eigenvalue weighted by Crippen LogP contribution is -2.32. The molecule has 2 N–H and O–H groups in total. The number of nitrogens with one attached hydrogen (secondary N) is 2. The van der Waals surface area contributed by atoms with Crippen LogP contribution >= 0.6 is 0 Å². The molecule has 0 aromatic heterocycles. The Labute approximate surface area is 172 Å². The van der Waals surface area contributed by atoms with Crippen LogP contribution in [-0.4, -0.2) is 38.2 Å². The molecule has 0 aliphatic heterocycles. The van der Waals surface area contributed by atoms with Gasteiger partial charge in [-0.05, 0) is 43.0 Å². The number of carbonyl (C=O) groups is 2. The fourth-order valence-electron chi connectivity index (χ4n) is 2.85. The number of benzene rings is 2. The Kier molecular flexibility index (Phi) is 8.68. The lowest BCUT2D eigenvalue weighted by molar-refractivity contribution is -0.122. The van der Waals surface area contributed by atoms with Gasteiger partial charge in [0.2, 0.25) is 0 Å². The van der Waals surface area contributed by atoms with Gasteiger partial charge in [-0.2, -0.15) is 0 Å². The number of para-hydroxylation sites is 2.